The highest BCUT2D eigenvalue weighted by Crippen LogP contribution is 2.26. The first kappa shape index (κ1) is 19.5. The summed E-state index contributed by atoms with van der Waals surface area (Å²) in [5.74, 6) is -1.04. The third-order valence-electron chi connectivity index (χ3n) is 3.64. The van der Waals surface area contributed by atoms with Crippen LogP contribution in [0.2, 0.25) is 0 Å². The Hall–Kier alpha value is -3.25. The zero-order valence-corrected chi connectivity index (χ0v) is 15.5. The standard InChI is InChI=1S/C16H17N5O6S/c1-2-27-12(22)8-11-17-14(20-28(24,25)26)13-15(18-11)21(16(23)19-13)9-10-6-4-3-5-7-10/h3-7H,2,8-9H2,1H3,(H,19,23)(H,17,18,20)(H,24,25,26). The van der Waals surface area contributed by atoms with Crippen molar-refractivity contribution in [1.82, 2.24) is 19.5 Å². The minimum absolute atomic E-state index is 0.0636. The summed E-state index contributed by atoms with van der Waals surface area (Å²) < 4.78 is 39.6. The lowest BCUT2D eigenvalue weighted by molar-refractivity contribution is -0.142. The fourth-order valence-corrected chi connectivity index (χ4v) is 2.95. The number of fused-ring (bicyclic) bond motifs is 1. The number of carbonyl (C=O) groups excluding carboxylic acids is 1. The van der Waals surface area contributed by atoms with Crippen LogP contribution in [0.3, 0.4) is 0 Å². The van der Waals surface area contributed by atoms with Crippen LogP contribution < -0.4 is 4.72 Å². The molecule has 0 aliphatic rings. The molecule has 2 heterocycles. The molecule has 0 saturated carbocycles. The predicted molar refractivity (Wildman–Crippen MR) is 98.0 cm³/mol. The highest BCUT2D eigenvalue weighted by Gasteiger charge is 2.21. The fraction of sp³-hybridized carbons (Fsp3) is 0.250. The molecular weight excluding hydrogens is 390 g/mol. The molecule has 0 aliphatic carbocycles. The molecule has 148 valence electrons. The molecule has 0 bridgehead atoms. The van der Waals surface area contributed by atoms with Crippen molar-refractivity contribution in [3.05, 3.63) is 41.7 Å². The first-order valence-electron chi connectivity index (χ1n) is 8.17. The van der Waals surface area contributed by atoms with Gasteiger partial charge in [0.25, 0.3) is 6.01 Å². The second-order valence-electron chi connectivity index (χ2n) is 5.70. The summed E-state index contributed by atoms with van der Waals surface area (Å²) >= 11 is 0. The maximum absolute atomic E-state index is 11.8. The molecule has 0 unspecified atom stereocenters. The summed E-state index contributed by atoms with van der Waals surface area (Å²) in [6.45, 7) is 1.98. The van der Waals surface area contributed by atoms with E-state index < -0.39 is 22.3 Å². The van der Waals surface area contributed by atoms with Crippen molar-refractivity contribution in [3.63, 3.8) is 0 Å². The zero-order chi connectivity index (χ0) is 20.3. The Morgan fingerprint density at radius 3 is 2.57 bits per heavy atom. The van der Waals surface area contributed by atoms with Crippen molar-refractivity contribution in [3.8, 4) is 6.01 Å². The van der Waals surface area contributed by atoms with Crippen LogP contribution >= 0.6 is 0 Å². The smallest absolute Gasteiger partial charge is 0.358 e. The summed E-state index contributed by atoms with van der Waals surface area (Å²) in [5, 5.41) is 10.2. The first-order valence-corrected chi connectivity index (χ1v) is 9.61. The molecule has 0 aliphatic heterocycles. The lowest BCUT2D eigenvalue weighted by atomic mass is 10.2. The van der Waals surface area contributed by atoms with Gasteiger partial charge >= 0.3 is 16.3 Å². The van der Waals surface area contributed by atoms with Gasteiger partial charge in [-0.1, -0.05) is 30.3 Å². The van der Waals surface area contributed by atoms with E-state index in [1.807, 2.05) is 35.1 Å². The number of esters is 1. The van der Waals surface area contributed by atoms with Gasteiger partial charge in [0.15, 0.2) is 17.0 Å². The van der Waals surface area contributed by atoms with Crippen LogP contribution in [0.1, 0.15) is 18.3 Å². The number of aromatic nitrogens is 4. The summed E-state index contributed by atoms with van der Waals surface area (Å²) in [7, 11) is -4.67. The molecule has 3 N–H and O–H groups in total. The highest BCUT2D eigenvalue weighted by molar-refractivity contribution is 7.87. The number of hydrogen-bond acceptors (Lipinski definition) is 8. The van der Waals surface area contributed by atoms with Crippen molar-refractivity contribution < 1.29 is 27.6 Å². The molecule has 1 aromatic carbocycles. The summed E-state index contributed by atoms with van der Waals surface area (Å²) in [4.78, 5) is 23.8. The Morgan fingerprint density at radius 2 is 1.93 bits per heavy atom. The quantitative estimate of drug-likeness (QED) is 0.382. The summed E-state index contributed by atoms with van der Waals surface area (Å²) in [5.41, 5.74) is 0.826. The average Bonchev–Trinajstić information content (AvgIpc) is 2.91. The molecule has 2 aromatic heterocycles. The third-order valence-corrected chi connectivity index (χ3v) is 4.09. The lowest BCUT2D eigenvalue weighted by Gasteiger charge is -2.08. The number of aromatic hydroxyl groups is 1. The molecule has 3 aromatic rings. The van der Waals surface area contributed by atoms with Crippen molar-refractivity contribution >= 4 is 33.3 Å². The van der Waals surface area contributed by atoms with Crippen LogP contribution in [-0.2, 0) is 32.8 Å². The van der Waals surface area contributed by atoms with E-state index in [2.05, 4.69) is 15.0 Å². The minimum Gasteiger partial charge on any atom is -0.480 e. The van der Waals surface area contributed by atoms with E-state index in [0.717, 1.165) is 5.56 Å². The van der Waals surface area contributed by atoms with E-state index in [-0.39, 0.29) is 42.4 Å². The predicted octanol–water partition coefficient (Wildman–Crippen LogP) is 0.900. The van der Waals surface area contributed by atoms with Gasteiger partial charge in [-0.15, -0.1) is 0 Å². The molecule has 3 rings (SSSR count). The average molecular weight is 407 g/mol. The van der Waals surface area contributed by atoms with Gasteiger partial charge in [0.1, 0.15) is 12.2 Å². The SMILES string of the molecule is CCOC(=O)Cc1nc(NS(=O)(=O)O)c2nc(O)n(Cc3ccccc3)c2n1. The highest BCUT2D eigenvalue weighted by atomic mass is 32.2. The van der Waals surface area contributed by atoms with Crippen LogP contribution in [0.4, 0.5) is 5.82 Å². The van der Waals surface area contributed by atoms with Crippen LogP contribution in [0.25, 0.3) is 11.2 Å². The third kappa shape index (κ3) is 4.53. The Labute approximate surface area is 159 Å². The Morgan fingerprint density at radius 1 is 1.21 bits per heavy atom. The van der Waals surface area contributed by atoms with Gasteiger partial charge in [0.05, 0.1) is 13.2 Å². The number of rotatable bonds is 7. The van der Waals surface area contributed by atoms with E-state index in [1.54, 1.807) is 6.92 Å². The molecule has 0 atom stereocenters. The van der Waals surface area contributed by atoms with Crippen LogP contribution in [0, 0.1) is 0 Å². The van der Waals surface area contributed by atoms with E-state index in [0.29, 0.717) is 0 Å². The van der Waals surface area contributed by atoms with Crippen LogP contribution in [-0.4, -0.2) is 50.2 Å². The number of carbonyl (C=O) groups is 1. The molecule has 0 radical (unpaired) electrons. The fourth-order valence-electron chi connectivity index (χ4n) is 2.56. The summed E-state index contributed by atoms with van der Waals surface area (Å²) in [6.07, 6.45) is -0.332. The maximum Gasteiger partial charge on any atom is 0.358 e. The molecule has 28 heavy (non-hydrogen) atoms. The van der Waals surface area contributed by atoms with E-state index >= 15 is 0 Å². The zero-order valence-electron chi connectivity index (χ0n) is 14.7. The topological polar surface area (TPSA) is 157 Å². The van der Waals surface area contributed by atoms with Gasteiger partial charge in [-0.2, -0.15) is 13.4 Å². The molecule has 0 amide bonds. The van der Waals surface area contributed by atoms with Crippen LogP contribution in [0.5, 0.6) is 6.01 Å². The number of nitrogens with zero attached hydrogens (tertiary/aromatic N) is 4. The molecular formula is C16H17N5O6S. The molecule has 0 saturated heterocycles. The maximum atomic E-state index is 11.8. The van der Waals surface area contributed by atoms with Gasteiger partial charge in [0.2, 0.25) is 0 Å². The van der Waals surface area contributed by atoms with Gasteiger partial charge in [-0.3, -0.25) is 13.9 Å². The van der Waals surface area contributed by atoms with Crippen molar-refractivity contribution in [2.75, 3.05) is 11.3 Å². The Bertz CT molecular complexity index is 1110. The number of nitrogens with one attached hydrogen (secondary N) is 1. The van der Waals surface area contributed by atoms with Crippen molar-refractivity contribution in [1.29, 1.82) is 0 Å². The molecule has 11 nitrogen and oxygen atoms in total. The van der Waals surface area contributed by atoms with Gasteiger partial charge in [-0.05, 0) is 12.5 Å². The van der Waals surface area contributed by atoms with Gasteiger partial charge in [-0.25, -0.2) is 14.7 Å². The Kier molecular flexibility index (Phi) is 5.42. The van der Waals surface area contributed by atoms with E-state index in [9.17, 15) is 18.3 Å². The van der Waals surface area contributed by atoms with Crippen molar-refractivity contribution in [2.45, 2.75) is 19.9 Å². The minimum atomic E-state index is -4.67. The second-order valence-corrected chi connectivity index (χ2v) is 6.86. The summed E-state index contributed by atoms with van der Waals surface area (Å²) in [6, 6.07) is 8.69. The lowest BCUT2D eigenvalue weighted by Crippen LogP contribution is -2.16. The number of hydrogen-bond donors (Lipinski definition) is 3. The number of imidazole rings is 1. The van der Waals surface area contributed by atoms with E-state index in [1.165, 1.54) is 4.57 Å². The Balaban J connectivity index is 2.12. The normalized spacial score (nSPS) is 11.5. The first-order chi connectivity index (χ1) is 13.3. The number of ether oxygens (including phenoxy) is 1. The number of anilines is 1. The largest absolute Gasteiger partial charge is 0.480 e. The second kappa shape index (κ2) is 7.78. The van der Waals surface area contributed by atoms with Crippen molar-refractivity contribution in [2.24, 2.45) is 0 Å². The van der Waals surface area contributed by atoms with Crippen LogP contribution in [0.15, 0.2) is 30.3 Å². The molecule has 12 heteroatoms. The molecule has 0 fully saturated rings. The molecule has 0 spiro atoms. The van der Waals surface area contributed by atoms with Gasteiger partial charge < -0.3 is 9.84 Å². The number of benzene rings is 1. The van der Waals surface area contributed by atoms with E-state index in [4.69, 9.17) is 9.29 Å². The monoisotopic (exact) mass is 407 g/mol. The van der Waals surface area contributed by atoms with Gasteiger partial charge in [0, 0.05) is 0 Å².